The summed E-state index contributed by atoms with van der Waals surface area (Å²) in [5.41, 5.74) is 1.09. The molecule has 0 spiro atoms. The highest BCUT2D eigenvalue weighted by atomic mass is 32.2. The van der Waals surface area contributed by atoms with Gasteiger partial charge in [0.2, 0.25) is 0 Å². The Labute approximate surface area is 232 Å². The lowest BCUT2D eigenvalue weighted by atomic mass is 10.1. The Morgan fingerprint density at radius 2 is 1.79 bits per heavy atom. The first kappa shape index (κ1) is 29.0. The number of nitrogens with zero attached hydrogens (tertiary/aromatic N) is 1. The summed E-state index contributed by atoms with van der Waals surface area (Å²) < 4.78 is 57.8. The van der Waals surface area contributed by atoms with Gasteiger partial charge in [-0.05, 0) is 61.4 Å². The number of sulfonamides is 1. The maximum Gasteiger partial charge on any atom is 0.252 e. The quantitative estimate of drug-likeness (QED) is 0.308. The topological polar surface area (TPSA) is 142 Å². The first-order chi connectivity index (χ1) is 18.6. The first-order valence-electron chi connectivity index (χ1n) is 12.3. The molecule has 0 unspecified atom stereocenters. The molecule has 2 aromatic carbocycles. The van der Waals surface area contributed by atoms with Crippen LogP contribution in [0.25, 0.3) is 0 Å². The van der Waals surface area contributed by atoms with Gasteiger partial charge in [-0.1, -0.05) is 12.1 Å². The molecule has 13 heteroatoms. The largest absolute Gasteiger partial charge is 0.497 e. The van der Waals surface area contributed by atoms with E-state index in [4.69, 9.17) is 9.84 Å². The van der Waals surface area contributed by atoms with E-state index in [0.29, 0.717) is 42.9 Å². The lowest BCUT2D eigenvalue weighted by molar-refractivity contribution is 0.0951. The van der Waals surface area contributed by atoms with E-state index in [2.05, 4.69) is 10.6 Å². The number of carbonyl (C=O) groups excluding carboxylic acids is 1. The van der Waals surface area contributed by atoms with Gasteiger partial charge in [0.25, 0.3) is 15.9 Å². The third-order valence-corrected chi connectivity index (χ3v) is 11.5. The summed E-state index contributed by atoms with van der Waals surface area (Å²) in [6, 6.07) is 16.5. The molecule has 1 amide bonds. The van der Waals surface area contributed by atoms with Crippen molar-refractivity contribution in [3.05, 3.63) is 71.1 Å². The van der Waals surface area contributed by atoms with Gasteiger partial charge in [-0.2, -0.15) is 4.31 Å². The summed E-state index contributed by atoms with van der Waals surface area (Å²) in [4.78, 5) is 13.3. The average Bonchev–Trinajstić information content (AvgIpc) is 3.42. The fraction of sp³-hybridized carbons (Fsp3) is 0.346. The Kier molecular flexibility index (Phi) is 9.28. The number of nitrogens with one attached hydrogen (secondary N) is 2. The van der Waals surface area contributed by atoms with Crippen LogP contribution in [0.3, 0.4) is 0 Å². The molecule has 0 radical (unpaired) electrons. The minimum absolute atomic E-state index is 0.0158. The number of amides is 1. The predicted molar refractivity (Wildman–Crippen MR) is 149 cm³/mol. The number of benzene rings is 2. The normalized spacial score (nSPS) is 15.1. The Balaban J connectivity index is 1.32. The molecule has 2 heterocycles. The van der Waals surface area contributed by atoms with Crippen molar-refractivity contribution >= 4 is 42.8 Å². The highest BCUT2D eigenvalue weighted by Gasteiger charge is 2.30. The number of anilines is 1. The Morgan fingerprint density at radius 1 is 1.05 bits per heavy atom. The molecule has 0 saturated carbocycles. The number of hydrogen-bond donors (Lipinski definition) is 3. The standard InChI is InChI=1S/C26H31N3O7S3/c1-36-22-6-2-4-19(16-22)26(31)27-18-23-8-9-25(37-23)39(34,35)29-12-10-20(11-13-29)28-21-5-3-7-24(17-21)38(32,33)15-14-30/h2-9,16-17,20,28,30H,10-15,18H2,1H3,(H,27,31). The Hall–Kier alpha value is -2.97. The second-order valence-electron chi connectivity index (χ2n) is 9.03. The van der Waals surface area contributed by atoms with Crippen molar-refractivity contribution in [2.24, 2.45) is 0 Å². The van der Waals surface area contributed by atoms with Gasteiger partial charge >= 0.3 is 0 Å². The van der Waals surface area contributed by atoms with Crippen LogP contribution in [0.1, 0.15) is 28.1 Å². The highest BCUT2D eigenvalue weighted by molar-refractivity contribution is 7.91. The number of carbonyl (C=O) groups is 1. The molecule has 3 aromatic rings. The maximum absolute atomic E-state index is 13.2. The number of aliphatic hydroxyl groups is 1. The van der Waals surface area contributed by atoms with E-state index >= 15 is 0 Å². The lowest BCUT2D eigenvalue weighted by Crippen LogP contribution is -2.42. The summed E-state index contributed by atoms with van der Waals surface area (Å²) in [5.74, 6) is -0.0466. The maximum atomic E-state index is 13.2. The van der Waals surface area contributed by atoms with Crippen molar-refractivity contribution in [1.29, 1.82) is 0 Å². The van der Waals surface area contributed by atoms with Gasteiger partial charge < -0.3 is 20.5 Å². The lowest BCUT2D eigenvalue weighted by Gasteiger charge is -2.31. The third kappa shape index (κ3) is 7.17. The van der Waals surface area contributed by atoms with Crippen molar-refractivity contribution < 1.29 is 31.5 Å². The van der Waals surface area contributed by atoms with Gasteiger partial charge in [-0.3, -0.25) is 4.79 Å². The monoisotopic (exact) mass is 593 g/mol. The van der Waals surface area contributed by atoms with Crippen molar-refractivity contribution in [2.75, 3.05) is 37.9 Å². The van der Waals surface area contributed by atoms with Crippen LogP contribution in [-0.2, 0) is 26.4 Å². The summed E-state index contributed by atoms with van der Waals surface area (Å²) >= 11 is 1.13. The smallest absolute Gasteiger partial charge is 0.252 e. The van der Waals surface area contributed by atoms with Crippen molar-refractivity contribution in [2.45, 2.75) is 34.5 Å². The van der Waals surface area contributed by atoms with Crippen molar-refractivity contribution in [3.8, 4) is 5.75 Å². The molecule has 1 aliphatic heterocycles. The van der Waals surface area contributed by atoms with E-state index in [-0.39, 0.29) is 33.4 Å². The van der Waals surface area contributed by atoms with Crippen molar-refractivity contribution in [1.82, 2.24) is 9.62 Å². The summed E-state index contributed by atoms with van der Waals surface area (Å²) in [6.07, 6.45) is 1.11. The molecule has 1 fully saturated rings. The van der Waals surface area contributed by atoms with Crippen LogP contribution in [-0.4, -0.2) is 70.8 Å². The summed E-state index contributed by atoms with van der Waals surface area (Å²) in [7, 11) is -5.71. The summed E-state index contributed by atoms with van der Waals surface area (Å²) in [6.45, 7) is 0.399. The first-order valence-corrected chi connectivity index (χ1v) is 16.2. The van der Waals surface area contributed by atoms with Crippen LogP contribution >= 0.6 is 11.3 Å². The zero-order valence-corrected chi connectivity index (χ0v) is 23.8. The van der Waals surface area contributed by atoms with Crippen LogP contribution in [0, 0.1) is 0 Å². The zero-order chi connectivity index (χ0) is 28.0. The Morgan fingerprint density at radius 3 is 2.51 bits per heavy atom. The number of rotatable bonds is 11. The average molecular weight is 594 g/mol. The number of methoxy groups -OCH3 is 1. The van der Waals surface area contributed by atoms with Gasteiger partial charge in [0.15, 0.2) is 9.84 Å². The molecular weight excluding hydrogens is 563 g/mol. The van der Waals surface area contributed by atoms with Crippen LogP contribution < -0.4 is 15.4 Å². The van der Waals surface area contributed by atoms with E-state index in [1.54, 1.807) is 48.5 Å². The van der Waals surface area contributed by atoms with E-state index in [9.17, 15) is 21.6 Å². The molecule has 1 saturated heterocycles. The minimum atomic E-state index is -3.68. The molecule has 39 heavy (non-hydrogen) atoms. The highest BCUT2D eigenvalue weighted by Crippen LogP contribution is 2.28. The zero-order valence-electron chi connectivity index (χ0n) is 21.4. The molecule has 1 aliphatic rings. The van der Waals surface area contributed by atoms with Crippen LogP contribution in [0.5, 0.6) is 5.75 Å². The van der Waals surface area contributed by atoms with E-state index < -0.39 is 26.5 Å². The Bertz CT molecular complexity index is 1510. The SMILES string of the molecule is COc1cccc(C(=O)NCc2ccc(S(=O)(=O)N3CCC(Nc4cccc(S(=O)(=O)CCO)c4)CC3)s2)c1. The molecule has 210 valence electrons. The number of hydrogen-bond acceptors (Lipinski definition) is 9. The van der Waals surface area contributed by atoms with Gasteiger partial charge in [0, 0.05) is 35.3 Å². The molecular formula is C26H31N3O7S3. The van der Waals surface area contributed by atoms with E-state index in [1.807, 2.05) is 0 Å². The number of piperidine rings is 1. The predicted octanol–water partition coefficient (Wildman–Crippen LogP) is 2.72. The molecule has 0 atom stereocenters. The minimum Gasteiger partial charge on any atom is -0.497 e. The second-order valence-corrected chi connectivity index (χ2v) is 14.5. The van der Waals surface area contributed by atoms with Crippen molar-refractivity contribution in [3.63, 3.8) is 0 Å². The number of ether oxygens (including phenoxy) is 1. The fourth-order valence-electron chi connectivity index (χ4n) is 4.25. The van der Waals surface area contributed by atoms with Crippen LogP contribution in [0.4, 0.5) is 5.69 Å². The number of aliphatic hydroxyl groups excluding tert-OH is 1. The number of sulfone groups is 1. The van der Waals surface area contributed by atoms with E-state index in [0.717, 1.165) is 16.2 Å². The third-order valence-electron chi connectivity index (χ3n) is 6.36. The summed E-state index contributed by atoms with van der Waals surface area (Å²) in [5, 5.41) is 15.1. The van der Waals surface area contributed by atoms with E-state index in [1.165, 1.54) is 23.5 Å². The van der Waals surface area contributed by atoms with Gasteiger partial charge in [-0.15, -0.1) is 11.3 Å². The van der Waals surface area contributed by atoms with Gasteiger partial charge in [-0.25, -0.2) is 16.8 Å². The number of thiophene rings is 1. The molecule has 3 N–H and O–H groups in total. The fourth-order valence-corrected chi connectivity index (χ4v) is 8.23. The molecule has 0 aliphatic carbocycles. The van der Waals surface area contributed by atoms with Gasteiger partial charge in [0.1, 0.15) is 9.96 Å². The van der Waals surface area contributed by atoms with Crippen LogP contribution in [0.2, 0.25) is 0 Å². The van der Waals surface area contributed by atoms with Gasteiger partial charge in [0.05, 0.1) is 30.9 Å². The molecule has 4 rings (SSSR count). The molecule has 1 aromatic heterocycles. The molecule has 10 nitrogen and oxygen atoms in total. The second kappa shape index (κ2) is 12.5. The van der Waals surface area contributed by atoms with Crippen LogP contribution in [0.15, 0.2) is 69.8 Å². The molecule has 0 bridgehead atoms.